The Bertz CT molecular complexity index is 1310. The zero-order valence-corrected chi connectivity index (χ0v) is 19.0. The van der Waals surface area contributed by atoms with Crippen LogP contribution in [0.1, 0.15) is 5.56 Å². The summed E-state index contributed by atoms with van der Waals surface area (Å²) in [5.74, 6) is -4.08. The molecule has 4 atom stereocenters. The second-order valence-electron chi connectivity index (χ2n) is 8.18. The fourth-order valence-electron chi connectivity index (χ4n) is 4.16. The largest absolute Gasteiger partial charge is 0.497 e. The van der Waals surface area contributed by atoms with Crippen LogP contribution in [0.4, 0.5) is 10.2 Å². The Morgan fingerprint density at radius 2 is 1.86 bits per heavy atom. The van der Waals surface area contributed by atoms with Gasteiger partial charge in [0.1, 0.15) is 29.6 Å². The van der Waals surface area contributed by atoms with Crippen LogP contribution in [0, 0.1) is 5.82 Å². The summed E-state index contributed by atoms with van der Waals surface area (Å²) in [5, 5.41) is 54.6. The molecule has 0 saturated carbocycles. The monoisotopic (exact) mass is 504 g/mol. The number of hydroxylamine groups is 2. The van der Waals surface area contributed by atoms with Crippen molar-refractivity contribution in [2.24, 2.45) is 0 Å². The number of hydrogen-bond acceptors (Lipinski definition) is 11. The zero-order valence-electron chi connectivity index (χ0n) is 19.0. The first-order valence-corrected chi connectivity index (χ1v) is 10.7. The molecule has 0 amide bonds. The summed E-state index contributed by atoms with van der Waals surface area (Å²) in [5.41, 5.74) is 1.89. The quantitative estimate of drug-likeness (QED) is 0.181. The Balaban J connectivity index is 1.85. The number of ether oxygens (including phenoxy) is 2. The molecule has 2 aromatic carbocycles. The lowest BCUT2D eigenvalue weighted by molar-refractivity contribution is -0.413. The third-order valence-corrected chi connectivity index (χ3v) is 6.10. The molecule has 36 heavy (non-hydrogen) atoms. The van der Waals surface area contributed by atoms with Crippen LogP contribution in [0.3, 0.4) is 0 Å². The Kier molecular flexibility index (Phi) is 6.81. The maximum atomic E-state index is 14.5. The van der Waals surface area contributed by atoms with E-state index in [1.807, 2.05) is 0 Å². The van der Waals surface area contributed by atoms with Gasteiger partial charge >= 0.3 is 11.6 Å². The lowest BCUT2D eigenvalue weighted by Gasteiger charge is -2.42. The van der Waals surface area contributed by atoms with Crippen molar-refractivity contribution in [3.8, 4) is 16.9 Å². The van der Waals surface area contributed by atoms with E-state index >= 15 is 0 Å². The van der Waals surface area contributed by atoms with Gasteiger partial charge in [-0.2, -0.15) is 0 Å². The van der Waals surface area contributed by atoms with Gasteiger partial charge in [-0.3, -0.25) is 0 Å². The summed E-state index contributed by atoms with van der Waals surface area (Å²) in [4.78, 5) is 16.4. The molecule has 1 aliphatic rings. The molecule has 1 fully saturated rings. The predicted molar refractivity (Wildman–Crippen MR) is 122 cm³/mol. The fraction of sp³-hybridized carbons (Fsp3) is 0.304. The van der Waals surface area contributed by atoms with Gasteiger partial charge in [0, 0.05) is 17.3 Å². The number of rotatable bonds is 7. The minimum absolute atomic E-state index is 0.0836. The van der Waals surface area contributed by atoms with Gasteiger partial charge in [0.15, 0.2) is 0 Å². The standard InChI is InChI=1S/C23H25FN4O8/c1-35-14-8-6-13(7-9-14)11-27(34)22(32)19(30)18(12-29)36-23(22,33)28-20(25)16(10-26-21(28)31)15-4-2-3-5-17(15)24/h2-10,18-19,29-30,32-34H,11-12,25H2,1H3/t18-,19-,22-,23+/m1/s1. The molecule has 13 heteroatoms. The maximum absolute atomic E-state index is 14.5. The van der Waals surface area contributed by atoms with E-state index in [1.54, 1.807) is 12.1 Å². The molecule has 0 bridgehead atoms. The summed E-state index contributed by atoms with van der Waals surface area (Å²) in [6.45, 7) is -1.41. The van der Waals surface area contributed by atoms with Gasteiger partial charge in [-0.1, -0.05) is 30.3 Å². The molecule has 1 aromatic heterocycles. The Morgan fingerprint density at radius 3 is 2.47 bits per heavy atom. The lowest BCUT2D eigenvalue weighted by atomic mass is 9.99. The minimum atomic E-state index is -3.28. The van der Waals surface area contributed by atoms with Crippen molar-refractivity contribution in [2.75, 3.05) is 19.5 Å². The first kappa shape index (κ1) is 25.7. The third-order valence-electron chi connectivity index (χ3n) is 6.10. The first-order valence-electron chi connectivity index (χ1n) is 10.7. The molecule has 2 heterocycles. The van der Waals surface area contributed by atoms with E-state index < -0.39 is 54.3 Å². The molecule has 0 radical (unpaired) electrons. The molecule has 0 spiro atoms. The molecule has 4 rings (SSSR count). The number of aliphatic hydroxyl groups is 4. The second kappa shape index (κ2) is 9.55. The van der Waals surface area contributed by atoms with Crippen LogP contribution in [0.25, 0.3) is 11.1 Å². The average Bonchev–Trinajstić information content (AvgIpc) is 3.07. The summed E-state index contributed by atoms with van der Waals surface area (Å²) in [6.07, 6.45) is -2.86. The van der Waals surface area contributed by atoms with Crippen LogP contribution < -0.4 is 16.2 Å². The van der Waals surface area contributed by atoms with Gasteiger partial charge in [-0.15, -0.1) is 5.06 Å². The summed E-state index contributed by atoms with van der Waals surface area (Å²) < 4.78 is 25.2. The molecule has 0 unspecified atom stereocenters. The molecule has 192 valence electrons. The lowest BCUT2D eigenvalue weighted by Crippen LogP contribution is -2.68. The Morgan fingerprint density at radius 1 is 1.19 bits per heavy atom. The van der Waals surface area contributed by atoms with E-state index in [0.29, 0.717) is 11.3 Å². The smallest absolute Gasteiger partial charge is 0.353 e. The molecule has 1 saturated heterocycles. The van der Waals surface area contributed by atoms with Gasteiger partial charge in [0.2, 0.25) is 5.72 Å². The van der Waals surface area contributed by atoms with Crippen molar-refractivity contribution in [3.63, 3.8) is 0 Å². The van der Waals surface area contributed by atoms with E-state index in [9.17, 15) is 34.8 Å². The minimum Gasteiger partial charge on any atom is -0.497 e. The number of aromatic nitrogens is 2. The highest BCUT2D eigenvalue weighted by molar-refractivity contribution is 5.73. The summed E-state index contributed by atoms with van der Waals surface area (Å²) >= 11 is 0. The molecular weight excluding hydrogens is 479 g/mol. The molecule has 0 aliphatic carbocycles. The topological polar surface area (TPSA) is 184 Å². The summed E-state index contributed by atoms with van der Waals surface area (Å²) in [7, 11) is 1.46. The van der Waals surface area contributed by atoms with E-state index in [-0.39, 0.29) is 20.8 Å². The average molecular weight is 504 g/mol. The SMILES string of the molecule is COc1ccc(CN(O)[C@@]2(O)[C@H](O)[C@@H](CO)O[C@]2(O)n2c(N)c(-c3ccccc3F)cnc2=O)cc1. The van der Waals surface area contributed by atoms with Crippen molar-refractivity contribution in [1.29, 1.82) is 0 Å². The van der Waals surface area contributed by atoms with Gasteiger partial charge in [-0.05, 0) is 23.8 Å². The molecular formula is C23H25FN4O8. The van der Waals surface area contributed by atoms with Crippen LogP contribution in [0.15, 0.2) is 59.5 Å². The highest BCUT2D eigenvalue weighted by Gasteiger charge is 2.70. The number of nitrogen functional groups attached to an aromatic ring is 1. The van der Waals surface area contributed by atoms with Gasteiger partial charge < -0.3 is 40.8 Å². The van der Waals surface area contributed by atoms with Crippen molar-refractivity contribution in [1.82, 2.24) is 14.6 Å². The van der Waals surface area contributed by atoms with Crippen molar-refractivity contribution < 1.29 is 39.5 Å². The number of nitrogens with zero attached hydrogens (tertiary/aromatic N) is 3. The zero-order chi connectivity index (χ0) is 26.3. The van der Waals surface area contributed by atoms with E-state index in [0.717, 1.165) is 12.3 Å². The third kappa shape index (κ3) is 3.92. The van der Waals surface area contributed by atoms with Gasteiger partial charge in [0.05, 0.1) is 20.3 Å². The molecule has 7 N–H and O–H groups in total. The van der Waals surface area contributed by atoms with Crippen LogP contribution >= 0.6 is 0 Å². The van der Waals surface area contributed by atoms with Gasteiger partial charge in [-0.25, -0.2) is 18.7 Å². The number of nitrogens with two attached hydrogens (primary N) is 1. The number of hydrogen-bond donors (Lipinski definition) is 6. The number of benzene rings is 2. The highest BCUT2D eigenvalue weighted by Crippen LogP contribution is 2.45. The highest BCUT2D eigenvalue weighted by atomic mass is 19.1. The number of anilines is 1. The number of methoxy groups -OCH3 is 1. The van der Waals surface area contributed by atoms with Crippen LogP contribution in [0.2, 0.25) is 0 Å². The maximum Gasteiger partial charge on any atom is 0.353 e. The summed E-state index contributed by atoms with van der Waals surface area (Å²) in [6, 6.07) is 11.6. The second-order valence-corrected chi connectivity index (χ2v) is 8.18. The molecule has 1 aliphatic heterocycles. The van der Waals surface area contributed by atoms with E-state index in [1.165, 1.54) is 37.4 Å². The van der Waals surface area contributed by atoms with Crippen LogP contribution in [0.5, 0.6) is 5.75 Å². The predicted octanol–water partition coefficient (Wildman–Crippen LogP) is -0.425. The van der Waals surface area contributed by atoms with Crippen LogP contribution in [-0.4, -0.2) is 71.9 Å². The van der Waals surface area contributed by atoms with E-state index in [4.69, 9.17) is 15.2 Å². The molecule has 3 aromatic rings. The van der Waals surface area contributed by atoms with Crippen molar-refractivity contribution in [3.05, 3.63) is 76.6 Å². The number of halogens is 1. The Labute approximate surface area is 203 Å². The van der Waals surface area contributed by atoms with E-state index in [2.05, 4.69) is 4.98 Å². The number of aliphatic hydroxyl groups excluding tert-OH is 2. The van der Waals surface area contributed by atoms with Gasteiger partial charge in [0.25, 0.3) is 0 Å². The molecule has 12 nitrogen and oxygen atoms in total. The van der Waals surface area contributed by atoms with Crippen LogP contribution in [-0.2, 0) is 17.2 Å². The first-order chi connectivity index (χ1) is 17.1. The van der Waals surface area contributed by atoms with Crippen molar-refractivity contribution >= 4 is 5.82 Å². The fourth-order valence-corrected chi connectivity index (χ4v) is 4.16. The van der Waals surface area contributed by atoms with Crippen molar-refractivity contribution in [2.45, 2.75) is 30.4 Å². The normalized spacial score (nSPS) is 25.9. The Hall–Kier alpha value is -3.43.